The first-order chi connectivity index (χ1) is 6.43. The van der Waals surface area contributed by atoms with Gasteiger partial charge < -0.3 is 5.32 Å². The van der Waals surface area contributed by atoms with Gasteiger partial charge in [0.1, 0.15) is 0 Å². The summed E-state index contributed by atoms with van der Waals surface area (Å²) in [6.45, 7) is 2.91. The van der Waals surface area contributed by atoms with Crippen LogP contribution >= 0.6 is 0 Å². The summed E-state index contributed by atoms with van der Waals surface area (Å²) in [4.78, 5) is 0. The molecule has 4 heteroatoms. The second-order valence-corrected chi connectivity index (χ2v) is 3.34. The maximum Gasteiger partial charge on any atom is 0.0942 e. The summed E-state index contributed by atoms with van der Waals surface area (Å²) in [5.41, 5.74) is 4.42. The lowest BCUT2D eigenvalue weighted by Gasteiger charge is -2.05. The van der Waals surface area contributed by atoms with Gasteiger partial charge in [0.2, 0.25) is 0 Å². The second kappa shape index (κ2) is 6.79. The van der Waals surface area contributed by atoms with E-state index in [1.807, 2.05) is 6.07 Å². The average Bonchev–Trinajstić information content (AvgIpc) is 2.19. The summed E-state index contributed by atoms with van der Waals surface area (Å²) in [5, 5.41) is 6.36. The predicted octanol–water partition coefficient (Wildman–Crippen LogP) is -0.849. The van der Waals surface area contributed by atoms with Crippen LogP contribution in [0.2, 0.25) is 0 Å². The van der Waals surface area contributed by atoms with E-state index >= 15 is 0 Å². The van der Waals surface area contributed by atoms with E-state index in [1.54, 1.807) is 0 Å². The lowest BCUT2D eigenvalue weighted by molar-refractivity contribution is 0.601. The summed E-state index contributed by atoms with van der Waals surface area (Å²) in [6, 6.07) is 10.4. The molecule has 0 aliphatic carbocycles. The largest absolute Gasteiger partial charge is 0.311 e. The predicted molar refractivity (Wildman–Crippen MR) is 59.2 cm³/mol. The lowest BCUT2D eigenvalue weighted by atomic mass is 10.2. The number of hydrogen-bond acceptors (Lipinski definition) is 3. The van der Waals surface area contributed by atoms with Crippen LogP contribution in [0.1, 0.15) is 5.56 Å². The Morgan fingerprint density at radius 3 is 2.54 bits per heavy atom. The van der Waals surface area contributed by atoms with Crippen LogP contribution in [0.4, 0.5) is 0 Å². The minimum atomic E-state index is 0.948. The van der Waals surface area contributed by atoms with Crippen molar-refractivity contribution in [2.75, 3.05) is 13.1 Å². The van der Waals surface area contributed by atoms with Gasteiger partial charge in [-0.25, -0.2) is 0 Å². The SMILES string of the molecule is [SiH3]NNCCNCc1ccccc1. The van der Waals surface area contributed by atoms with E-state index in [9.17, 15) is 0 Å². The fraction of sp³-hybridized carbons (Fsp3) is 0.333. The van der Waals surface area contributed by atoms with Gasteiger partial charge in [0.05, 0.1) is 10.4 Å². The Labute approximate surface area is 82.4 Å². The fourth-order valence-corrected chi connectivity index (χ4v) is 1.35. The topological polar surface area (TPSA) is 36.1 Å². The molecule has 0 unspecified atom stereocenters. The maximum absolute atomic E-state index is 3.35. The smallest absolute Gasteiger partial charge is 0.0942 e. The molecule has 0 bridgehead atoms. The number of benzene rings is 1. The first-order valence-electron chi connectivity index (χ1n) is 4.57. The van der Waals surface area contributed by atoms with Crippen molar-refractivity contribution in [3.8, 4) is 0 Å². The van der Waals surface area contributed by atoms with E-state index in [0.717, 1.165) is 30.0 Å². The van der Waals surface area contributed by atoms with E-state index in [0.29, 0.717) is 0 Å². The number of hydrogen-bond donors (Lipinski definition) is 3. The molecular formula is C9H17N3Si. The Balaban J connectivity index is 2.07. The number of hydrazine groups is 1. The lowest BCUT2D eigenvalue weighted by Crippen LogP contribution is -2.35. The van der Waals surface area contributed by atoms with Crippen molar-refractivity contribution in [2.24, 2.45) is 0 Å². The summed E-state index contributed by atoms with van der Waals surface area (Å²) >= 11 is 0. The van der Waals surface area contributed by atoms with Gasteiger partial charge in [-0.05, 0) is 5.56 Å². The molecule has 0 saturated heterocycles. The second-order valence-electron chi connectivity index (χ2n) is 2.84. The first-order valence-corrected chi connectivity index (χ1v) is 5.57. The molecule has 0 aliphatic heterocycles. The van der Waals surface area contributed by atoms with Gasteiger partial charge in [-0.1, -0.05) is 30.3 Å². The van der Waals surface area contributed by atoms with E-state index in [1.165, 1.54) is 5.56 Å². The molecule has 1 aromatic rings. The van der Waals surface area contributed by atoms with Gasteiger partial charge in [0.15, 0.2) is 0 Å². The average molecular weight is 195 g/mol. The van der Waals surface area contributed by atoms with E-state index in [4.69, 9.17) is 0 Å². The van der Waals surface area contributed by atoms with Crippen LogP contribution < -0.4 is 15.8 Å². The molecule has 0 atom stereocenters. The van der Waals surface area contributed by atoms with Crippen molar-refractivity contribution in [1.29, 1.82) is 0 Å². The van der Waals surface area contributed by atoms with E-state index in [2.05, 4.69) is 40.1 Å². The van der Waals surface area contributed by atoms with Crippen LogP contribution in [0.25, 0.3) is 0 Å². The van der Waals surface area contributed by atoms with Crippen molar-refractivity contribution in [2.45, 2.75) is 6.54 Å². The molecule has 0 radical (unpaired) electrons. The summed E-state index contributed by atoms with van der Waals surface area (Å²) in [5.74, 6) is 0. The van der Waals surface area contributed by atoms with Gasteiger partial charge in [0, 0.05) is 19.6 Å². The molecule has 0 heterocycles. The molecule has 0 aliphatic rings. The third kappa shape index (κ3) is 4.79. The van der Waals surface area contributed by atoms with Gasteiger partial charge in [-0.3, -0.25) is 10.5 Å². The van der Waals surface area contributed by atoms with Crippen molar-refractivity contribution < 1.29 is 0 Å². The third-order valence-electron chi connectivity index (χ3n) is 1.78. The van der Waals surface area contributed by atoms with Crippen molar-refractivity contribution in [1.82, 2.24) is 15.8 Å². The van der Waals surface area contributed by atoms with Gasteiger partial charge >= 0.3 is 0 Å². The maximum atomic E-state index is 3.35. The van der Waals surface area contributed by atoms with Gasteiger partial charge in [-0.15, -0.1) is 0 Å². The highest BCUT2D eigenvalue weighted by atomic mass is 28.2. The molecule has 3 nitrogen and oxygen atoms in total. The van der Waals surface area contributed by atoms with Crippen LogP contribution in [-0.2, 0) is 6.54 Å². The van der Waals surface area contributed by atoms with Crippen molar-refractivity contribution in [3.63, 3.8) is 0 Å². The summed E-state index contributed by atoms with van der Waals surface area (Å²) < 4.78 is 0. The zero-order valence-electron chi connectivity index (χ0n) is 8.01. The molecule has 0 amide bonds. The third-order valence-corrected chi connectivity index (χ3v) is 2.13. The van der Waals surface area contributed by atoms with Crippen LogP contribution in [-0.4, -0.2) is 23.5 Å². The number of nitrogens with one attached hydrogen (secondary N) is 3. The molecule has 1 aromatic carbocycles. The normalized spacial score (nSPS) is 10.5. The van der Waals surface area contributed by atoms with Crippen LogP contribution in [0.3, 0.4) is 0 Å². The minimum absolute atomic E-state index is 0.948. The standard InChI is InChI=1S/C9H17N3Si/c13-12-11-7-6-10-8-9-4-2-1-3-5-9/h1-5,10-12H,6-8H2,13H3. The summed E-state index contributed by atoms with van der Waals surface area (Å²) in [6.07, 6.45) is 0. The Bertz CT molecular complexity index is 215. The van der Waals surface area contributed by atoms with Crippen molar-refractivity contribution >= 4 is 10.4 Å². The van der Waals surface area contributed by atoms with Crippen LogP contribution in [0, 0.1) is 0 Å². The molecule has 3 N–H and O–H groups in total. The minimum Gasteiger partial charge on any atom is -0.311 e. The highest BCUT2D eigenvalue weighted by molar-refractivity contribution is 6.03. The molecule has 13 heavy (non-hydrogen) atoms. The zero-order chi connectivity index (χ0) is 9.36. The van der Waals surface area contributed by atoms with Crippen molar-refractivity contribution in [3.05, 3.63) is 35.9 Å². The van der Waals surface area contributed by atoms with E-state index in [-0.39, 0.29) is 0 Å². The Morgan fingerprint density at radius 2 is 1.85 bits per heavy atom. The van der Waals surface area contributed by atoms with Gasteiger partial charge in [0.25, 0.3) is 0 Å². The highest BCUT2D eigenvalue weighted by Crippen LogP contribution is 1.96. The van der Waals surface area contributed by atoms with Gasteiger partial charge in [-0.2, -0.15) is 0 Å². The zero-order valence-corrected chi connectivity index (χ0v) is 10.0. The molecular weight excluding hydrogens is 178 g/mol. The molecule has 72 valence electrons. The van der Waals surface area contributed by atoms with E-state index < -0.39 is 0 Å². The first kappa shape index (κ1) is 10.4. The highest BCUT2D eigenvalue weighted by Gasteiger charge is 1.89. The fourth-order valence-electron chi connectivity index (χ4n) is 1.10. The molecule has 0 saturated carbocycles. The Kier molecular flexibility index (Phi) is 5.43. The quantitative estimate of drug-likeness (QED) is 0.314. The monoisotopic (exact) mass is 195 g/mol. The summed E-state index contributed by atoms with van der Waals surface area (Å²) in [7, 11) is 0.994. The van der Waals surface area contributed by atoms with Crippen LogP contribution in [0.15, 0.2) is 30.3 Å². The molecule has 0 aromatic heterocycles. The number of rotatable bonds is 6. The molecule has 1 rings (SSSR count). The molecule has 0 fully saturated rings. The Hall–Kier alpha value is -0.683. The molecule has 0 spiro atoms. The Morgan fingerprint density at radius 1 is 1.08 bits per heavy atom. The van der Waals surface area contributed by atoms with Crippen LogP contribution in [0.5, 0.6) is 0 Å².